The van der Waals surface area contributed by atoms with Gasteiger partial charge in [-0.2, -0.15) is 25.3 Å². The van der Waals surface area contributed by atoms with Crippen LogP contribution in [-0.4, -0.2) is 10.5 Å². The molecule has 0 saturated heterocycles. The molecule has 10 heavy (non-hydrogen) atoms. The monoisotopic (exact) mass is 175 g/mol. The van der Waals surface area contributed by atoms with Crippen molar-refractivity contribution in [1.82, 2.24) is 0 Å². The van der Waals surface area contributed by atoms with E-state index in [9.17, 15) is 0 Å². The van der Waals surface area contributed by atoms with Crippen LogP contribution >= 0.6 is 25.3 Å². The van der Waals surface area contributed by atoms with Crippen LogP contribution in [0.25, 0.3) is 0 Å². The molecule has 3 atom stereocenters. The highest BCUT2D eigenvalue weighted by Gasteiger charge is 2.24. The summed E-state index contributed by atoms with van der Waals surface area (Å²) in [6.45, 7) is 3.91. The number of rotatable bonds is 1. The quantitative estimate of drug-likeness (QED) is 0.562. The number of hydrogen-bond acceptors (Lipinski definition) is 2. The van der Waals surface area contributed by atoms with Crippen molar-refractivity contribution in [2.75, 3.05) is 0 Å². The van der Waals surface area contributed by atoms with Gasteiger partial charge in [-0.15, -0.1) is 0 Å². The summed E-state index contributed by atoms with van der Waals surface area (Å²) in [6, 6.07) is 0. The fourth-order valence-electron chi connectivity index (χ4n) is 1.48. The Morgan fingerprint density at radius 1 is 1.20 bits per heavy atom. The third-order valence-corrected chi connectivity index (χ3v) is 3.72. The third kappa shape index (κ3) is 2.09. The molecule has 0 aromatic rings. The van der Waals surface area contributed by atoms with Crippen molar-refractivity contribution in [2.24, 2.45) is 5.92 Å². The molecule has 1 rings (SSSR count). The summed E-state index contributed by atoms with van der Waals surface area (Å²) >= 11 is 8.90. The van der Waals surface area contributed by atoms with Crippen molar-refractivity contribution >= 4 is 25.3 Å². The van der Waals surface area contributed by atoms with Gasteiger partial charge in [-0.05, 0) is 25.2 Å². The van der Waals surface area contributed by atoms with Crippen molar-refractivity contribution in [3.63, 3.8) is 0 Å². The molecule has 59 valence electrons. The zero-order valence-corrected chi connectivity index (χ0v) is 7.95. The van der Waals surface area contributed by atoms with Crippen LogP contribution in [0.3, 0.4) is 0 Å². The molecule has 1 radical (unpaired) electrons. The minimum atomic E-state index is 0.504. The van der Waals surface area contributed by atoms with E-state index >= 15 is 0 Å². The van der Waals surface area contributed by atoms with Crippen molar-refractivity contribution < 1.29 is 0 Å². The lowest BCUT2D eigenvalue weighted by Crippen LogP contribution is -2.25. The summed E-state index contributed by atoms with van der Waals surface area (Å²) in [4.78, 5) is 0. The SMILES string of the molecule is [CH2]CC1CCC(S)C(S)C1. The Bertz CT molecular complexity index is 103. The van der Waals surface area contributed by atoms with Crippen LogP contribution in [0.4, 0.5) is 0 Å². The molecule has 0 nitrogen and oxygen atoms in total. The summed E-state index contributed by atoms with van der Waals surface area (Å²) < 4.78 is 0. The first-order valence-corrected chi connectivity index (χ1v) is 4.92. The lowest BCUT2D eigenvalue weighted by Gasteiger charge is -2.29. The highest BCUT2D eigenvalue weighted by atomic mass is 32.1. The standard InChI is InChI=1S/C8H15S2/c1-2-6-3-4-7(9)8(10)5-6/h6-10H,1-5H2. The van der Waals surface area contributed by atoms with Crippen molar-refractivity contribution in [3.8, 4) is 0 Å². The van der Waals surface area contributed by atoms with Crippen LogP contribution in [0.5, 0.6) is 0 Å². The van der Waals surface area contributed by atoms with Crippen LogP contribution in [0.1, 0.15) is 25.7 Å². The van der Waals surface area contributed by atoms with Crippen molar-refractivity contribution in [2.45, 2.75) is 36.2 Å². The van der Waals surface area contributed by atoms with Gasteiger partial charge in [-0.3, -0.25) is 0 Å². The van der Waals surface area contributed by atoms with E-state index in [1.54, 1.807) is 0 Å². The molecular weight excluding hydrogens is 160 g/mol. The lowest BCUT2D eigenvalue weighted by atomic mass is 9.87. The predicted octanol–water partition coefficient (Wildman–Crippen LogP) is 2.61. The fourth-order valence-corrected chi connectivity index (χ4v) is 2.20. The summed E-state index contributed by atoms with van der Waals surface area (Å²) in [6.07, 6.45) is 4.80. The first-order valence-electron chi connectivity index (χ1n) is 3.89. The van der Waals surface area contributed by atoms with E-state index in [-0.39, 0.29) is 0 Å². The van der Waals surface area contributed by atoms with Crippen LogP contribution in [0, 0.1) is 12.8 Å². The minimum Gasteiger partial charge on any atom is -0.175 e. The molecule has 0 aromatic carbocycles. The Kier molecular flexibility index (Phi) is 3.44. The van der Waals surface area contributed by atoms with E-state index in [0.29, 0.717) is 10.5 Å². The van der Waals surface area contributed by atoms with Crippen molar-refractivity contribution in [1.29, 1.82) is 0 Å². The summed E-state index contributed by atoms with van der Waals surface area (Å²) in [5.74, 6) is 0.811. The predicted molar refractivity (Wildman–Crippen MR) is 52.9 cm³/mol. The van der Waals surface area contributed by atoms with Gasteiger partial charge in [-0.25, -0.2) is 0 Å². The molecule has 1 saturated carbocycles. The average molecular weight is 175 g/mol. The summed E-state index contributed by atoms with van der Waals surface area (Å²) in [7, 11) is 0. The zero-order chi connectivity index (χ0) is 7.56. The molecule has 1 aliphatic carbocycles. The zero-order valence-electron chi connectivity index (χ0n) is 6.16. The molecule has 2 heteroatoms. The van der Waals surface area contributed by atoms with Crippen LogP contribution in [0.2, 0.25) is 0 Å². The maximum absolute atomic E-state index is 4.47. The molecular formula is C8H15S2. The Balaban J connectivity index is 2.33. The molecule has 0 amide bonds. The Hall–Kier alpha value is 0.700. The first kappa shape index (κ1) is 8.79. The van der Waals surface area contributed by atoms with Crippen molar-refractivity contribution in [3.05, 3.63) is 6.92 Å². The molecule has 0 bridgehead atoms. The van der Waals surface area contributed by atoms with E-state index < -0.39 is 0 Å². The van der Waals surface area contributed by atoms with E-state index in [2.05, 4.69) is 32.2 Å². The largest absolute Gasteiger partial charge is 0.175 e. The Morgan fingerprint density at radius 3 is 2.40 bits per heavy atom. The second kappa shape index (κ2) is 3.91. The maximum Gasteiger partial charge on any atom is 0.0136 e. The molecule has 0 heterocycles. The Labute approximate surface area is 74.6 Å². The van der Waals surface area contributed by atoms with Gasteiger partial charge in [0.15, 0.2) is 0 Å². The molecule has 0 spiro atoms. The highest BCUT2D eigenvalue weighted by Crippen LogP contribution is 2.32. The van der Waals surface area contributed by atoms with Gasteiger partial charge in [0, 0.05) is 10.5 Å². The van der Waals surface area contributed by atoms with Gasteiger partial charge in [0.2, 0.25) is 0 Å². The van der Waals surface area contributed by atoms with Gasteiger partial charge in [0.1, 0.15) is 0 Å². The normalized spacial score (nSPS) is 41.7. The first-order chi connectivity index (χ1) is 4.74. The Morgan fingerprint density at radius 2 is 1.90 bits per heavy atom. The second-order valence-electron chi connectivity index (χ2n) is 3.10. The van der Waals surface area contributed by atoms with Gasteiger partial charge in [0.05, 0.1) is 0 Å². The summed E-state index contributed by atoms with van der Waals surface area (Å²) in [5.41, 5.74) is 0. The van der Waals surface area contributed by atoms with Gasteiger partial charge >= 0.3 is 0 Å². The molecule has 0 aliphatic heterocycles. The van der Waals surface area contributed by atoms with E-state index in [1.807, 2.05) is 0 Å². The molecule has 1 fully saturated rings. The van der Waals surface area contributed by atoms with Gasteiger partial charge < -0.3 is 0 Å². The lowest BCUT2D eigenvalue weighted by molar-refractivity contribution is 0.377. The number of hydrogen-bond donors (Lipinski definition) is 2. The van der Waals surface area contributed by atoms with Crippen LogP contribution in [0.15, 0.2) is 0 Å². The van der Waals surface area contributed by atoms with Gasteiger partial charge in [0.25, 0.3) is 0 Å². The second-order valence-corrected chi connectivity index (χ2v) is 4.43. The average Bonchev–Trinajstić information content (AvgIpc) is 1.95. The smallest absolute Gasteiger partial charge is 0.0136 e. The molecule has 1 aliphatic rings. The maximum atomic E-state index is 4.47. The fraction of sp³-hybridized carbons (Fsp3) is 0.875. The molecule has 0 N–H and O–H groups in total. The van der Waals surface area contributed by atoms with Gasteiger partial charge in [-0.1, -0.05) is 13.3 Å². The minimum absolute atomic E-state index is 0.504. The molecule has 3 unspecified atom stereocenters. The van der Waals surface area contributed by atoms with E-state index in [4.69, 9.17) is 0 Å². The van der Waals surface area contributed by atoms with Crippen LogP contribution < -0.4 is 0 Å². The van der Waals surface area contributed by atoms with E-state index in [0.717, 1.165) is 12.3 Å². The number of thiol groups is 2. The molecule has 0 aromatic heterocycles. The third-order valence-electron chi connectivity index (χ3n) is 2.30. The van der Waals surface area contributed by atoms with Crippen LogP contribution in [-0.2, 0) is 0 Å². The topological polar surface area (TPSA) is 0 Å². The highest BCUT2D eigenvalue weighted by molar-refractivity contribution is 7.85. The summed E-state index contributed by atoms with van der Waals surface area (Å²) in [5, 5.41) is 1.02. The van der Waals surface area contributed by atoms with E-state index in [1.165, 1.54) is 19.3 Å².